The van der Waals surface area contributed by atoms with Gasteiger partial charge in [-0.2, -0.15) is 0 Å². The summed E-state index contributed by atoms with van der Waals surface area (Å²) in [5, 5.41) is 2.76. The lowest BCUT2D eigenvalue weighted by atomic mass is 10.1. The molecular formula is C20H20N2O5. The van der Waals surface area contributed by atoms with E-state index in [1.807, 2.05) is 18.2 Å². The van der Waals surface area contributed by atoms with Crippen molar-refractivity contribution in [3.8, 4) is 11.5 Å². The number of pyridine rings is 1. The van der Waals surface area contributed by atoms with E-state index in [1.165, 1.54) is 0 Å². The molecule has 0 unspecified atom stereocenters. The van der Waals surface area contributed by atoms with Crippen molar-refractivity contribution in [2.45, 2.75) is 32.3 Å². The number of rotatable bonds is 5. The van der Waals surface area contributed by atoms with E-state index in [-0.39, 0.29) is 31.5 Å². The number of ether oxygens (including phenoxy) is 3. The average molecular weight is 368 g/mol. The van der Waals surface area contributed by atoms with Crippen molar-refractivity contribution in [1.29, 1.82) is 0 Å². The van der Waals surface area contributed by atoms with Crippen molar-refractivity contribution in [2.24, 2.45) is 0 Å². The van der Waals surface area contributed by atoms with Gasteiger partial charge in [-0.15, -0.1) is 0 Å². The third-order valence-corrected chi connectivity index (χ3v) is 4.53. The molecule has 140 valence electrons. The molecule has 7 nitrogen and oxygen atoms in total. The minimum atomic E-state index is -0.288. The third-order valence-electron chi connectivity index (χ3n) is 4.53. The molecule has 0 aliphatic carbocycles. The number of amides is 1. The number of hydrogen-bond acceptors (Lipinski definition) is 6. The Labute approximate surface area is 156 Å². The molecule has 7 heteroatoms. The van der Waals surface area contributed by atoms with Crippen molar-refractivity contribution in [3.05, 3.63) is 47.3 Å². The van der Waals surface area contributed by atoms with Crippen molar-refractivity contribution >= 4 is 17.6 Å². The van der Waals surface area contributed by atoms with Crippen molar-refractivity contribution in [3.63, 3.8) is 0 Å². The van der Waals surface area contributed by atoms with Crippen LogP contribution in [0.2, 0.25) is 0 Å². The quantitative estimate of drug-likeness (QED) is 0.816. The lowest BCUT2D eigenvalue weighted by Gasteiger charge is -2.18. The topological polar surface area (TPSA) is 86.8 Å². The molecule has 1 amide bonds. The van der Waals surface area contributed by atoms with Crippen LogP contribution in [-0.4, -0.2) is 30.1 Å². The van der Waals surface area contributed by atoms with Gasteiger partial charge in [0.15, 0.2) is 6.61 Å². The second kappa shape index (κ2) is 7.65. The van der Waals surface area contributed by atoms with Gasteiger partial charge in [-0.3, -0.25) is 14.6 Å². The van der Waals surface area contributed by atoms with Crippen LogP contribution in [0.4, 0.5) is 5.69 Å². The fourth-order valence-corrected chi connectivity index (χ4v) is 3.14. The molecule has 1 aromatic carbocycles. The van der Waals surface area contributed by atoms with Gasteiger partial charge in [0.1, 0.15) is 18.1 Å². The van der Waals surface area contributed by atoms with Crippen molar-refractivity contribution in [1.82, 2.24) is 4.98 Å². The second-order valence-electron chi connectivity index (χ2n) is 6.56. The van der Waals surface area contributed by atoms with Crippen LogP contribution < -0.4 is 14.8 Å². The Morgan fingerprint density at radius 1 is 1.22 bits per heavy atom. The molecule has 0 saturated heterocycles. The lowest BCUT2D eigenvalue weighted by molar-refractivity contribution is -0.145. The van der Waals surface area contributed by atoms with Gasteiger partial charge < -0.3 is 19.5 Å². The maximum Gasteiger partial charge on any atom is 0.306 e. The molecule has 0 radical (unpaired) electrons. The summed E-state index contributed by atoms with van der Waals surface area (Å²) in [6.07, 6.45) is 4.41. The Bertz CT molecular complexity index is 881. The molecule has 1 N–H and O–H groups in total. The number of fused-ring (bicyclic) bond motifs is 2. The molecule has 0 atom stereocenters. The third kappa shape index (κ3) is 4.19. The molecule has 0 spiro atoms. The predicted octanol–water partition coefficient (Wildman–Crippen LogP) is 2.41. The summed E-state index contributed by atoms with van der Waals surface area (Å²) in [7, 11) is 0. The first-order valence-electron chi connectivity index (χ1n) is 8.99. The maximum absolute atomic E-state index is 12.1. The van der Waals surface area contributed by atoms with Gasteiger partial charge in [0.25, 0.3) is 5.91 Å². The molecule has 0 bridgehead atoms. The lowest BCUT2D eigenvalue weighted by Crippen LogP contribution is -2.25. The molecular weight excluding hydrogens is 348 g/mol. The minimum Gasteiger partial charge on any atom is -0.492 e. The standard InChI is InChI=1S/C20H20N2O5/c23-19-12-26-17-5-3-13(8-16(17)22-19)4-6-20(24)27-11-15-9-14-2-1-7-25-18(14)10-21-15/h3,5,8-10H,1-2,4,6-7,11-12H2,(H,22,23). The van der Waals surface area contributed by atoms with Crippen LogP contribution in [0.1, 0.15) is 29.7 Å². The fraction of sp³-hybridized carbons (Fsp3) is 0.350. The first-order chi connectivity index (χ1) is 13.2. The number of nitrogens with zero attached hydrogens (tertiary/aromatic N) is 1. The molecule has 27 heavy (non-hydrogen) atoms. The van der Waals surface area contributed by atoms with Gasteiger partial charge in [-0.05, 0) is 48.6 Å². The molecule has 4 rings (SSSR count). The van der Waals surface area contributed by atoms with Gasteiger partial charge in [0, 0.05) is 6.42 Å². The van der Waals surface area contributed by atoms with E-state index in [0.29, 0.717) is 17.9 Å². The van der Waals surface area contributed by atoms with Gasteiger partial charge in [-0.1, -0.05) is 6.07 Å². The van der Waals surface area contributed by atoms with E-state index in [1.54, 1.807) is 12.3 Å². The zero-order chi connectivity index (χ0) is 18.6. The summed E-state index contributed by atoms with van der Waals surface area (Å²) in [5.41, 5.74) is 3.40. The van der Waals surface area contributed by atoms with Crippen LogP contribution in [0.15, 0.2) is 30.5 Å². The fourth-order valence-electron chi connectivity index (χ4n) is 3.14. The number of hydrogen-bond donors (Lipinski definition) is 1. The molecule has 2 aliphatic heterocycles. The summed E-state index contributed by atoms with van der Waals surface area (Å²) in [6, 6.07) is 7.45. The Morgan fingerprint density at radius 3 is 3.07 bits per heavy atom. The van der Waals surface area contributed by atoms with E-state index in [9.17, 15) is 9.59 Å². The number of benzene rings is 1. The average Bonchev–Trinajstić information content (AvgIpc) is 2.70. The normalized spacial score (nSPS) is 14.9. The highest BCUT2D eigenvalue weighted by atomic mass is 16.5. The molecule has 3 heterocycles. The largest absolute Gasteiger partial charge is 0.492 e. The van der Waals surface area contributed by atoms with Crippen LogP contribution in [0.5, 0.6) is 11.5 Å². The summed E-state index contributed by atoms with van der Waals surface area (Å²) in [6.45, 7) is 0.906. The van der Waals surface area contributed by atoms with Gasteiger partial charge in [-0.25, -0.2) is 0 Å². The molecule has 2 aromatic rings. The van der Waals surface area contributed by atoms with E-state index in [4.69, 9.17) is 14.2 Å². The monoisotopic (exact) mass is 368 g/mol. The minimum absolute atomic E-state index is 0.0293. The summed E-state index contributed by atoms with van der Waals surface area (Å²) >= 11 is 0. The highest BCUT2D eigenvalue weighted by Crippen LogP contribution is 2.29. The second-order valence-corrected chi connectivity index (χ2v) is 6.56. The number of aromatic nitrogens is 1. The highest BCUT2D eigenvalue weighted by molar-refractivity contribution is 5.95. The predicted molar refractivity (Wildman–Crippen MR) is 96.7 cm³/mol. The van der Waals surface area contributed by atoms with Crippen LogP contribution in [0.3, 0.4) is 0 Å². The number of esters is 1. The molecule has 0 fully saturated rings. The van der Waals surface area contributed by atoms with E-state index >= 15 is 0 Å². The number of anilines is 1. The van der Waals surface area contributed by atoms with E-state index in [0.717, 1.165) is 42.0 Å². The Morgan fingerprint density at radius 2 is 2.15 bits per heavy atom. The zero-order valence-corrected chi connectivity index (χ0v) is 14.8. The highest BCUT2D eigenvalue weighted by Gasteiger charge is 2.16. The summed E-state index contributed by atoms with van der Waals surface area (Å²) in [4.78, 5) is 27.7. The van der Waals surface area contributed by atoms with E-state index in [2.05, 4.69) is 10.3 Å². The Kier molecular flexibility index (Phi) is 4.91. The molecule has 0 saturated carbocycles. The number of carbonyl (C=O) groups excluding carboxylic acids is 2. The summed E-state index contributed by atoms with van der Waals surface area (Å²) in [5.74, 6) is 0.994. The Balaban J connectivity index is 1.29. The van der Waals surface area contributed by atoms with Gasteiger partial charge in [0.05, 0.1) is 24.2 Å². The van der Waals surface area contributed by atoms with Crippen LogP contribution >= 0.6 is 0 Å². The van der Waals surface area contributed by atoms with Gasteiger partial charge in [0.2, 0.25) is 0 Å². The van der Waals surface area contributed by atoms with Crippen LogP contribution in [0, 0.1) is 0 Å². The molecule has 2 aliphatic rings. The van der Waals surface area contributed by atoms with E-state index < -0.39 is 0 Å². The maximum atomic E-state index is 12.1. The smallest absolute Gasteiger partial charge is 0.306 e. The van der Waals surface area contributed by atoms with Crippen LogP contribution in [-0.2, 0) is 33.8 Å². The SMILES string of the molecule is O=C1COc2ccc(CCC(=O)OCc3cc4c(cn3)OCCC4)cc2N1. The van der Waals surface area contributed by atoms with Gasteiger partial charge >= 0.3 is 5.97 Å². The first-order valence-corrected chi connectivity index (χ1v) is 8.99. The van der Waals surface area contributed by atoms with Crippen molar-refractivity contribution < 1.29 is 23.8 Å². The Hall–Kier alpha value is -3.09. The molecule has 1 aromatic heterocycles. The number of carbonyl (C=O) groups is 2. The van der Waals surface area contributed by atoms with Crippen LogP contribution in [0.25, 0.3) is 0 Å². The number of nitrogens with one attached hydrogen (secondary N) is 1. The number of aryl methyl sites for hydroxylation is 2. The van der Waals surface area contributed by atoms with Crippen molar-refractivity contribution in [2.75, 3.05) is 18.5 Å². The summed E-state index contributed by atoms with van der Waals surface area (Å²) < 4.78 is 16.2. The first kappa shape index (κ1) is 17.3. The zero-order valence-electron chi connectivity index (χ0n) is 14.8.